The Labute approximate surface area is 108 Å². The fourth-order valence-corrected chi connectivity index (χ4v) is 3.13. The summed E-state index contributed by atoms with van der Waals surface area (Å²) in [6, 6.07) is 10.6. The zero-order chi connectivity index (χ0) is 12.1. The molecule has 0 saturated carbocycles. The molecule has 0 spiro atoms. The molecule has 0 N–H and O–H groups in total. The van der Waals surface area contributed by atoms with E-state index in [1.54, 1.807) is 0 Å². The number of ether oxygens (including phenoxy) is 1. The normalized spacial score (nSPS) is 26.7. The monoisotopic (exact) mass is 251 g/mol. The van der Waals surface area contributed by atoms with Gasteiger partial charge < -0.3 is 9.64 Å². The Morgan fingerprint density at radius 3 is 2.82 bits per heavy atom. The van der Waals surface area contributed by atoms with Crippen molar-refractivity contribution in [3.63, 3.8) is 0 Å². The van der Waals surface area contributed by atoms with E-state index in [2.05, 4.69) is 48.5 Å². The van der Waals surface area contributed by atoms with Gasteiger partial charge in [-0.25, -0.2) is 0 Å². The third-order valence-electron chi connectivity index (χ3n) is 3.25. The first-order valence-electron chi connectivity index (χ1n) is 6.15. The molecular weight excluding hydrogens is 230 g/mol. The lowest BCUT2D eigenvalue weighted by Crippen LogP contribution is -2.28. The second-order valence-corrected chi connectivity index (χ2v) is 5.59. The highest BCUT2D eigenvalue weighted by Gasteiger charge is 2.27. The van der Waals surface area contributed by atoms with Crippen LogP contribution in [0.4, 0.5) is 0 Å². The van der Waals surface area contributed by atoms with Crippen LogP contribution in [0.5, 0.6) is 0 Å². The Hall–Kier alpha value is -0.510. The van der Waals surface area contributed by atoms with Crippen LogP contribution >= 0.6 is 11.8 Å². The summed E-state index contributed by atoms with van der Waals surface area (Å²) in [5.74, 6) is 1.74. The topological polar surface area (TPSA) is 12.5 Å². The molecule has 1 heterocycles. The Balaban J connectivity index is 2.16. The van der Waals surface area contributed by atoms with Gasteiger partial charge in [0.1, 0.15) is 0 Å². The molecule has 1 unspecified atom stereocenters. The van der Waals surface area contributed by atoms with Crippen LogP contribution in [0, 0.1) is 5.92 Å². The van der Waals surface area contributed by atoms with Gasteiger partial charge in [0.25, 0.3) is 0 Å². The minimum atomic E-state index is 0.258. The quantitative estimate of drug-likeness (QED) is 0.819. The van der Waals surface area contributed by atoms with E-state index in [0.717, 1.165) is 25.4 Å². The maximum Gasteiger partial charge on any atom is 0.0873 e. The van der Waals surface area contributed by atoms with E-state index in [4.69, 9.17) is 4.74 Å². The Bertz CT molecular complexity index is 330. The summed E-state index contributed by atoms with van der Waals surface area (Å²) in [7, 11) is 2.18. The lowest BCUT2D eigenvalue weighted by atomic mass is 9.97. The molecule has 1 aliphatic heterocycles. The van der Waals surface area contributed by atoms with Crippen molar-refractivity contribution < 1.29 is 4.74 Å². The van der Waals surface area contributed by atoms with Gasteiger partial charge in [-0.05, 0) is 24.6 Å². The van der Waals surface area contributed by atoms with Gasteiger partial charge in [0.2, 0.25) is 0 Å². The number of thioether (sulfide) groups is 1. The Morgan fingerprint density at radius 2 is 2.12 bits per heavy atom. The van der Waals surface area contributed by atoms with E-state index >= 15 is 0 Å². The zero-order valence-electron chi connectivity index (χ0n) is 10.6. The van der Waals surface area contributed by atoms with Crippen LogP contribution in [0.1, 0.15) is 11.7 Å². The molecule has 17 heavy (non-hydrogen) atoms. The molecule has 0 aliphatic carbocycles. The minimum absolute atomic E-state index is 0.258. The molecule has 0 aromatic heterocycles. The second-order valence-electron chi connectivity index (χ2n) is 4.68. The largest absolute Gasteiger partial charge is 0.372 e. The van der Waals surface area contributed by atoms with Crippen LogP contribution in [0.3, 0.4) is 0 Å². The fraction of sp³-hybridized carbons (Fsp3) is 0.571. The van der Waals surface area contributed by atoms with Crippen LogP contribution in [0.2, 0.25) is 0 Å². The van der Waals surface area contributed by atoms with Crippen molar-refractivity contribution in [3.8, 4) is 0 Å². The van der Waals surface area contributed by atoms with E-state index in [1.807, 2.05) is 11.8 Å². The summed E-state index contributed by atoms with van der Waals surface area (Å²) in [6.07, 6.45) is 2.43. The van der Waals surface area contributed by atoms with Crippen molar-refractivity contribution in [1.82, 2.24) is 4.90 Å². The predicted octanol–water partition coefficient (Wildman–Crippen LogP) is 2.67. The van der Waals surface area contributed by atoms with Gasteiger partial charge in [-0.1, -0.05) is 30.3 Å². The van der Waals surface area contributed by atoms with Crippen molar-refractivity contribution in [2.45, 2.75) is 6.10 Å². The van der Waals surface area contributed by atoms with Gasteiger partial charge in [0, 0.05) is 19.0 Å². The van der Waals surface area contributed by atoms with Crippen LogP contribution in [0.15, 0.2) is 30.3 Å². The van der Waals surface area contributed by atoms with Crippen molar-refractivity contribution in [1.29, 1.82) is 0 Å². The van der Waals surface area contributed by atoms with Gasteiger partial charge >= 0.3 is 0 Å². The van der Waals surface area contributed by atoms with Gasteiger partial charge in [-0.2, -0.15) is 11.8 Å². The van der Waals surface area contributed by atoms with Crippen molar-refractivity contribution in [2.24, 2.45) is 5.92 Å². The molecule has 0 amide bonds. The van der Waals surface area contributed by atoms with E-state index in [1.165, 1.54) is 5.56 Å². The van der Waals surface area contributed by atoms with Crippen LogP contribution in [-0.4, -0.2) is 43.7 Å². The number of hydrogen-bond acceptors (Lipinski definition) is 3. The zero-order valence-corrected chi connectivity index (χ0v) is 11.5. The highest BCUT2D eigenvalue weighted by Crippen LogP contribution is 2.30. The molecule has 1 aliphatic rings. The third kappa shape index (κ3) is 3.47. The number of likely N-dealkylation sites (N-methyl/N-ethyl adjacent to an activating group) is 1. The molecule has 94 valence electrons. The highest BCUT2D eigenvalue weighted by atomic mass is 32.2. The molecule has 0 bridgehead atoms. The standard InChI is InChI=1S/C14H21NOS/c1-15-8-9-16-14(13(10-15)11-17-2)12-6-4-3-5-7-12/h3-7,13-14H,8-11H2,1-2H3/t13-,14?/m1/s1. The van der Waals surface area contributed by atoms with Gasteiger partial charge in [-0.15, -0.1) is 0 Å². The lowest BCUT2D eigenvalue weighted by Gasteiger charge is -2.26. The molecule has 1 aromatic carbocycles. The van der Waals surface area contributed by atoms with Crippen molar-refractivity contribution in [3.05, 3.63) is 35.9 Å². The molecule has 1 fully saturated rings. The molecule has 2 atom stereocenters. The first-order chi connectivity index (χ1) is 8.31. The summed E-state index contributed by atoms with van der Waals surface area (Å²) in [5, 5.41) is 0. The number of rotatable bonds is 3. The van der Waals surface area contributed by atoms with E-state index in [-0.39, 0.29) is 6.10 Å². The minimum Gasteiger partial charge on any atom is -0.372 e. The molecule has 2 rings (SSSR count). The lowest BCUT2D eigenvalue weighted by molar-refractivity contribution is 0.0372. The highest BCUT2D eigenvalue weighted by molar-refractivity contribution is 7.98. The molecule has 1 saturated heterocycles. The maximum atomic E-state index is 6.07. The Morgan fingerprint density at radius 1 is 1.35 bits per heavy atom. The van der Waals surface area contributed by atoms with Crippen LogP contribution in [-0.2, 0) is 4.74 Å². The molecule has 0 radical (unpaired) electrons. The summed E-state index contributed by atoms with van der Waals surface area (Å²) < 4.78 is 6.07. The average Bonchev–Trinajstić information content (AvgIpc) is 2.52. The molecular formula is C14H21NOS. The number of nitrogens with zero attached hydrogens (tertiary/aromatic N) is 1. The first kappa shape index (κ1) is 12.9. The summed E-state index contributed by atoms with van der Waals surface area (Å²) in [6.45, 7) is 3.00. The van der Waals surface area contributed by atoms with E-state index in [0.29, 0.717) is 5.92 Å². The van der Waals surface area contributed by atoms with E-state index in [9.17, 15) is 0 Å². The van der Waals surface area contributed by atoms with Crippen molar-refractivity contribution >= 4 is 11.8 Å². The van der Waals surface area contributed by atoms with Crippen LogP contribution in [0.25, 0.3) is 0 Å². The second kappa shape index (κ2) is 6.43. The van der Waals surface area contributed by atoms with Gasteiger partial charge in [0.05, 0.1) is 12.7 Å². The van der Waals surface area contributed by atoms with Gasteiger partial charge in [0.15, 0.2) is 0 Å². The van der Waals surface area contributed by atoms with Crippen molar-refractivity contribution in [2.75, 3.05) is 38.8 Å². The predicted molar refractivity (Wildman–Crippen MR) is 74.5 cm³/mol. The Kier molecular flexibility index (Phi) is 4.89. The van der Waals surface area contributed by atoms with E-state index < -0.39 is 0 Å². The fourth-order valence-electron chi connectivity index (χ4n) is 2.42. The maximum absolute atomic E-state index is 6.07. The molecule has 1 aromatic rings. The van der Waals surface area contributed by atoms with Gasteiger partial charge in [-0.3, -0.25) is 0 Å². The summed E-state index contributed by atoms with van der Waals surface area (Å²) >= 11 is 1.91. The average molecular weight is 251 g/mol. The summed E-state index contributed by atoms with van der Waals surface area (Å²) in [4.78, 5) is 2.38. The summed E-state index contributed by atoms with van der Waals surface area (Å²) in [5.41, 5.74) is 1.32. The number of benzene rings is 1. The van der Waals surface area contributed by atoms with Crippen LogP contribution < -0.4 is 0 Å². The smallest absolute Gasteiger partial charge is 0.0873 e. The SMILES string of the molecule is CSC[C@H]1CN(C)CCOC1c1ccccc1. The first-order valence-corrected chi connectivity index (χ1v) is 7.54. The molecule has 3 heteroatoms. The number of hydrogen-bond donors (Lipinski definition) is 0. The molecule has 2 nitrogen and oxygen atoms in total. The third-order valence-corrected chi connectivity index (χ3v) is 4.02.